The van der Waals surface area contributed by atoms with Crippen LogP contribution < -0.4 is 5.32 Å². The fraction of sp³-hybridized carbons (Fsp3) is 0.286. The van der Waals surface area contributed by atoms with Gasteiger partial charge in [-0.05, 0) is 43.7 Å². The van der Waals surface area contributed by atoms with Crippen molar-refractivity contribution in [1.29, 1.82) is 0 Å². The van der Waals surface area contributed by atoms with Crippen molar-refractivity contribution in [2.75, 3.05) is 25.0 Å². The standard InChI is InChI=1S/C21H21FN4OS/c22-17-6-1-4-15(12-17)18-7-2-8-19(24-18)16-5-3-10-26(13-16)14-20(27)25-21-23-9-11-28-21/h1-2,4,6-9,11-12,16H,3,5,10,13-14H2,(H,23,25,27)/t16-/m1/s1. The Morgan fingerprint density at radius 3 is 3.00 bits per heavy atom. The van der Waals surface area contributed by atoms with Crippen molar-refractivity contribution in [3.8, 4) is 11.3 Å². The van der Waals surface area contributed by atoms with Crippen molar-refractivity contribution in [3.05, 3.63) is 65.6 Å². The quantitative estimate of drug-likeness (QED) is 0.703. The molecule has 0 unspecified atom stereocenters. The molecule has 0 spiro atoms. The normalized spacial score (nSPS) is 17.4. The first-order valence-electron chi connectivity index (χ1n) is 9.32. The molecule has 1 atom stereocenters. The zero-order valence-electron chi connectivity index (χ0n) is 15.3. The average Bonchev–Trinajstić information content (AvgIpc) is 3.21. The number of hydrogen-bond donors (Lipinski definition) is 1. The van der Waals surface area contributed by atoms with Crippen LogP contribution in [0.25, 0.3) is 11.3 Å². The van der Waals surface area contributed by atoms with Gasteiger partial charge < -0.3 is 5.32 Å². The third kappa shape index (κ3) is 4.61. The van der Waals surface area contributed by atoms with E-state index in [0.717, 1.165) is 42.9 Å². The minimum Gasteiger partial charge on any atom is -0.301 e. The largest absolute Gasteiger partial charge is 0.301 e. The third-order valence-electron chi connectivity index (χ3n) is 4.86. The number of halogens is 1. The van der Waals surface area contributed by atoms with Crippen LogP contribution in [-0.2, 0) is 4.79 Å². The lowest BCUT2D eigenvalue weighted by atomic mass is 9.94. The van der Waals surface area contributed by atoms with Gasteiger partial charge in [-0.3, -0.25) is 14.7 Å². The molecule has 1 aliphatic heterocycles. The number of carbonyl (C=O) groups is 1. The molecular formula is C21H21FN4OS. The molecule has 1 N–H and O–H groups in total. The highest BCUT2D eigenvalue weighted by Crippen LogP contribution is 2.28. The number of rotatable bonds is 5. The van der Waals surface area contributed by atoms with Gasteiger partial charge in [0.25, 0.3) is 0 Å². The smallest absolute Gasteiger partial charge is 0.240 e. The molecule has 1 aromatic carbocycles. The fourth-order valence-electron chi connectivity index (χ4n) is 3.58. The molecule has 4 rings (SSSR count). The fourth-order valence-corrected chi connectivity index (χ4v) is 4.12. The van der Waals surface area contributed by atoms with E-state index in [4.69, 9.17) is 4.98 Å². The Balaban J connectivity index is 1.43. The second-order valence-electron chi connectivity index (χ2n) is 6.92. The first kappa shape index (κ1) is 18.7. The van der Waals surface area contributed by atoms with Gasteiger partial charge in [0, 0.05) is 35.3 Å². The number of anilines is 1. The lowest BCUT2D eigenvalue weighted by Crippen LogP contribution is -2.40. The van der Waals surface area contributed by atoms with Gasteiger partial charge in [-0.15, -0.1) is 11.3 Å². The molecule has 0 aliphatic carbocycles. The molecule has 144 valence electrons. The molecule has 0 radical (unpaired) electrons. The highest BCUT2D eigenvalue weighted by atomic mass is 32.1. The molecule has 1 amide bonds. The summed E-state index contributed by atoms with van der Waals surface area (Å²) in [7, 11) is 0. The van der Waals surface area contributed by atoms with Crippen LogP contribution in [0.5, 0.6) is 0 Å². The molecule has 2 aromatic heterocycles. The van der Waals surface area contributed by atoms with E-state index in [1.165, 1.54) is 23.5 Å². The lowest BCUT2D eigenvalue weighted by molar-refractivity contribution is -0.117. The highest BCUT2D eigenvalue weighted by Gasteiger charge is 2.24. The van der Waals surface area contributed by atoms with Crippen LogP contribution in [0.15, 0.2) is 54.0 Å². The van der Waals surface area contributed by atoms with Crippen LogP contribution in [0.2, 0.25) is 0 Å². The van der Waals surface area contributed by atoms with Crippen molar-refractivity contribution >= 4 is 22.4 Å². The minimum absolute atomic E-state index is 0.0444. The van der Waals surface area contributed by atoms with Crippen molar-refractivity contribution in [2.24, 2.45) is 0 Å². The van der Waals surface area contributed by atoms with E-state index in [1.54, 1.807) is 12.3 Å². The summed E-state index contributed by atoms with van der Waals surface area (Å²) in [6.45, 7) is 2.02. The second-order valence-corrected chi connectivity index (χ2v) is 7.81. The first-order valence-corrected chi connectivity index (χ1v) is 10.2. The van der Waals surface area contributed by atoms with Crippen LogP contribution in [-0.4, -0.2) is 40.4 Å². The maximum absolute atomic E-state index is 13.5. The van der Waals surface area contributed by atoms with E-state index in [-0.39, 0.29) is 17.6 Å². The number of likely N-dealkylation sites (tertiary alicyclic amines) is 1. The zero-order valence-corrected chi connectivity index (χ0v) is 16.2. The molecular weight excluding hydrogens is 375 g/mol. The minimum atomic E-state index is -0.264. The van der Waals surface area contributed by atoms with E-state index in [2.05, 4.69) is 15.2 Å². The van der Waals surface area contributed by atoms with Gasteiger partial charge >= 0.3 is 0 Å². The van der Waals surface area contributed by atoms with Gasteiger partial charge in [-0.2, -0.15) is 0 Å². The van der Waals surface area contributed by atoms with Gasteiger partial charge in [0.1, 0.15) is 5.82 Å². The number of benzene rings is 1. The molecule has 5 nitrogen and oxygen atoms in total. The Bertz CT molecular complexity index is 947. The zero-order chi connectivity index (χ0) is 19.3. The molecule has 7 heteroatoms. The summed E-state index contributed by atoms with van der Waals surface area (Å²) in [4.78, 5) is 23.3. The van der Waals surface area contributed by atoms with Crippen LogP contribution >= 0.6 is 11.3 Å². The Morgan fingerprint density at radius 1 is 1.29 bits per heavy atom. The molecule has 1 fully saturated rings. The molecule has 3 heterocycles. The highest BCUT2D eigenvalue weighted by molar-refractivity contribution is 7.13. The molecule has 0 bridgehead atoms. The summed E-state index contributed by atoms with van der Waals surface area (Å²) >= 11 is 1.41. The number of piperidine rings is 1. The van der Waals surface area contributed by atoms with E-state index in [9.17, 15) is 9.18 Å². The van der Waals surface area contributed by atoms with Gasteiger partial charge in [0.15, 0.2) is 5.13 Å². The Kier molecular flexibility index (Phi) is 5.73. The number of carbonyl (C=O) groups excluding carboxylic acids is 1. The van der Waals surface area contributed by atoms with Gasteiger partial charge in [0.05, 0.1) is 12.2 Å². The van der Waals surface area contributed by atoms with Crippen molar-refractivity contribution in [1.82, 2.24) is 14.9 Å². The van der Waals surface area contributed by atoms with Gasteiger partial charge in [0.2, 0.25) is 5.91 Å². The number of thiazole rings is 1. The number of amides is 1. The number of hydrogen-bond acceptors (Lipinski definition) is 5. The number of nitrogens with zero attached hydrogens (tertiary/aromatic N) is 3. The third-order valence-corrected chi connectivity index (χ3v) is 5.55. The first-order chi connectivity index (χ1) is 13.7. The Hall–Kier alpha value is -2.64. The summed E-state index contributed by atoms with van der Waals surface area (Å²) in [5.74, 6) is -0.0493. The molecule has 1 aliphatic rings. The SMILES string of the molecule is O=C(CN1CCC[C@@H](c2cccc(-c3cccc(F)c3)n2)C1)Nc1nccs1. The topological polar surface area (TPSA) is 58.1 Å². The van der Waals surface area contributed by atoms with Crippen LogP contribution in [0.4, 0.5) is 9.52 Å². The van der Waals surface area contributed by atoms with E-state index >= 15 is 0 Å². The number of aromatic nitrogens is 2. The molecule has 3 aromatic rings. The Labute approximate surface area is 167 Å². The average molecular weight is 396 g/mol. The predicted molar refractivity (Wildman–Crippen MR) is 109 cm³/mol. The van der Waals surface area contributed by atoms with Crippen molar-refractivity contribution < 1.29 is 9.18 Å². The lowest BCUT2D eigenvalue weighted by Gasteiger charge is -2.32. The molecule has 0 saturated carbocycles. The summed E-state index contributed by atoms with van der Waals surface area (Å²) in [5, 5.41) is 5.30. The summed E-state index contributed by atoms with van der Waals surface area (Å²) < 4.78 is 13.5. The van der Waals surface area contributed by atoms with Crippen LogP contribution in [0, 0.1) is 5.82 Å². The van der Waals surface area contributed by atoms with Gasteiger partial charge in [-0.1, -0.05) is 18.2 Å². The number of nitrogens with one attached hydrogen (secondary N) is 1. The summed E-state index contributed by atoms with van der Waals surface area (Å²) in [6.07, 6.45) is 3.72. The molecule has 1 saturated heterocycles. The maximum atomic E-state index is 13.5. The summed E-state index contributed by atoms with van der Waals surface area (Å²) in [6, 6.07) is 12.4. The Morgan fingerprint density at radius 2 is 2.18 bits per heavy atom. The van der Waals surface area contributed by atoms with Crippen molar-refractivity contribution in [3.63, 3.8) is 0 Å². The number of pyridine rings is 1. The van der Waals surface area contributed by atoms with E-state index in [0.29, 0.717) is 11.7 Å². The van der Waals surface area contributed by atoms with Crippen molar-refractivity contribution in [2.45, 2.75) is 18.8 Å². The monoisotopic (exact) mass is 396 g/mol. The van der Waals surface area contributed by atoms with Gasteiger partial charge in [-0.25, -0.2) is 9.37 Å². The second kappa shape index (κ2) is 8.58. The summed E-state index contributed by atoms with van der Waals surface area (Å²) in [5.41, 5.74) is 2.54. The van der Waals surface area contributed by atoms with E-state index in [1.807, 2.05) is 29.6 Å². The maximum Gasteiger partial charge on any atom is 0.240 e. The van der Waals surface area contributed by atoms with Crippen LogP contribution in [0.1, 0.15) is 24.5 Å². The molecule has 28 heavy (non-hydrogen) atoms. The van der Waals surface area contributed by atoms with Crippen LogP contribution in [0.3, 0.4) is 0 Å². The van der Waals surface area contributed by atoms with E-state index < -0.39 is 0 Å². The predicted octanol–water partition coefficient (Wildman–Crippen LogP) is 4.16.